The molecule has 6 heteroatoms. The molecule has 2 aromatic carbocycles. The summed E-state index contributed by atoms with van der Waals surface area (Å²) in [5.74, 6) is -0.228. The van der Waals surface area contributed by atoms with Gasteiger partial charge >= 0.3 is 0 Å². The van der Waals surface area contributed by atoms with Crippen molar-refractivity contribution >= 4 is 21.4 Å². The zero-order valence-electron chi connectivity index (χ0n) is 13.1. The minimum Gasteiger partial charge on any atom is -0.377 e. The van der Waals surface area contributed by atoms with Crippen LogP contribution in [0.4, 0.5) is 5.69 Å². The Morgan fingerprint density at radius 3 is 2.42 bits per heavy atom. The fourth-order valence-electron chi connectivity index (χ4n) is 2.66. The lowest BCUT2D eigenvalue weighted by atomic mass is 10.2. The number of benzene rings is 2. The lowest BCUT2D eigenvalue weighted by Crippen LogP contribution is -2.20. The number of carbonyl (C=O) groups excluding carboxylic acids is 1. The molecule has 1 N–H and O–H groups in total. The Morgan fingerprint density at radius 1 is 1.08 bits per heavy atom. The molecule has 0 aliphatic carbocycles. The van der Waals surface area contributed by atoms with E-state index in [0.717, 1.165) is 12.8 Å². The largest absolute Gasteiger partial charge is 0.377 e. The molecular weight excluding hydrogens is 326 g/mol. The predicted molar refractivity (Wildman–Crippen MR) is 91.9 cm³/mol. The van der Waals surface area contributed by atoms with E-state index in [1.165, 1.54) is 12.1 Å². The Kier molecular flexibility index (Phi) is 4.97. The Morgan fingerprint density at radius 2 is 1.79 bits per heavy atom. The van der Waals surface area contributed by atoms with Crippen LogP contribution in [0.1, 0.15) is 23.2 Å². The normalized spacial score (nSPS) is 17.6. The van der Waals surface area contributed by atoms with Crippen molar-refractivity contribution in [1.82, 2.24) is 0 Å². The van der Waals surface area contributed by atoms with Crippen LogP contribution in [0.25, 0.3) is 0 Å². The van der Waals surface area contributed by atoms with E-state index in [4.69, 9.17) is 4.74 Å². The molecule has 5 nitrogen and oxygen atoms in total. The van der Waals surface area contributed by atoms with Gasteiger partial charge in [0.1, 0.15) is 0 Å². The minimum atomic E-state index is -3.38. The van der Waals surface area contributed by atoms with Crippen LogP contribution >= 0.6 is 0 Å². The van der Waals surface area contributed by atoms with Crippen molar-refractivity contribution in [3.05, 3.63) is 60.2 Å². The molecule has 1 heterocycles. The second kappa shape index (κ2) is 7.15. The van der Waals surface area contributed by atoms with Crippen LogP contribution in [0.2, 0.25) is 0 Å². The molecule has 1 fully saturated rings. The highest BCUT2D eigenvalue weighted by Crippen LogP contribution is 2.21. The summed E-state index contributed by atoms with van der Waals surface area (Å²) in [6, 6.07) is 15.1. The van der Waals surface area contributed by atoms with Gasteiger partial charge in [0, 0.05) is 17.9 Å². The molecule has 1 aliphatic heterocycles. The van der Waals surface area contributed by atoms with Crippen molar-refractivity contribution in [2.45, 2.75) is 23.8 Å². The molecule has 0 radical (unpaired) electrons. The number of amides is 1. The first kappa shape index (κ1) is 16.7. The molecule has 1 amide bonds. The molecule has 0 saturated carbocycles. The van der Waals surface area contributed by atoms with Crippen LogP contribution < -0.4 is 5.32 Å². The Labute approximate surface area is 141 Å². The average Bonchev–Trinajstić information content (AvgIpc) is 3.08. The first-order chi connectivity index (χ1) is 11.5. The Balaban J connectivity index is 1.67. The summed E-state index contributed by atoms with van der Waals surface area (Å²) < 4.78 is 30.2. The molecule has 0 unspecified atom stereocenters. The molecule has 2 aromatic rings. The van der Waals surface area contributed by atoms with Gasteiger partial charge in [-0.05, 0) is 49.2 Å². The lowest BCUT2D eigenvalue weighted by Gasteiger charge is -2.11. The van der Waals surface area contributed by atoms with E-state index >= 15 is 0 Å². The van der Waals surface area contributed by atoms with Gasteiger partial charge in [-0.15, -0.1) is 0 Å². The SMILES string of the molecule is O=C(Nc1ccc(S(=O)(=O)C[C@@H]2CCCO2)cc1)c1ccccc1. The van der Waals surface area contributed by atoms with Gasteiger partial charge < -0.3 is 10.1 Å². The Hall–Kier alpha value is -2.18. The number of nitrogens with one attached hydrogen (secondary N) is 1. The second-order valence-corrected chi connectivity index (χ2v) is 7.80. The van der Waals surface area contributed by atoms with Crippen molar-refractivity contribution in [1.29, 1.82) is 0 Å². The van der Waals surface area contributed by atoms with Gasteiger partial charge in [-0.25, -0.2) is 8.42 Å². The van der Waals surface area contributed by atoms with E-state index in [0.29, 0.717) is 17.9 Å². The molecule has 24 heavy (non-hydrogen) atoms. The lowest BCUT2D eigenvalue weighted by molar-refractivity contribution is 0.102. The monoisotopic (exact) mass is 345 g/mol. The highest BCUT2D eigenvalue weighted by molar-refractivity contribution is 7.91. The maximum atomic E-state index is 12.4. The van der Waals surface area contributed by atoms with E-state index in [-0.39, 0.29) is 22.7 Å². The number of hydrogen-bond donors (Lipinski definition) is 1. The highest BCUT2D eigenvalue weighted by atomic mass is 32.2. The van der Waals surface area contributed by atoms with Crippen molar-refractivity contribution in [2.75, 3.05) is 17.7 Å². The van der Waals surface area contributed by atoms with Gasteiger partial charge in [0.15, 0.2) is 9.84 Å². The third-order valence-electron chi connectivity index (χ3n) is 3.94. The third kappa shape index (κ3) is 4.01. The summed E-state index contributed by atoms with van der Waals surface area (Å²) in [7, 11) is -3.38. The minimum absolute atomic E-state index is 0.00270. The summed E-state index contributed by atoms with van der Waals surface area (Å²) in [4.78, 5) is 12.3. The summed E-state index contributed by atoms with van der Waals surface area (Å²) in [6.07, 6.45) is 1.47. The first-order valence-electron chi connectivity index (χ1n) is 7.85. The van der Waals surface area contributed by atoms with Crippen molar-refractivity contribution in [3.63, 3.8) is 0 Å². The van der Waals surface area contributed by atoms with E-state index in [1.54, 1.807) is 36.4 Å². The van der Waals surface area contributed by atoms with E-state index in [2.05, 4.69) is 5.32 Å². The van der Waals surface area contributed by atoms with Crippen LogP contribution in [0.5, 0.6) is 0 Å². The van der Waals surface area contributed by atoms with E-state index in [9.17, 15) is 13.2 Å². The maximum Gasteiger partial charge on any atom is 0.255 e. The molecule has 126 valence electrons. The average molecular weight is 345 g/mol. The molecule has 0 aromatic heterocycles. The number of ether oxygens (including phenoxy) is 1. The van der Waals surface area contributed by atoms with Crippen LogP contribution in [0.15, 0.2) is 59.5 Å². The van der Waals surface area contributed by atoms with Crippen LogP contribution in [-0.2, 0) is 14.6 Å². The molecule has 0 spiro atoms. The third-order valence-corrected chi connectivity index (χ3v) is 5.74. The molecular formula is C18H19NO4S. The summed E-state index contributed by atoms with van der Waals surface area (Å²) >= 11 is 0. The number of rotatable bonds is 5. The molecule has 1 aliphatic rings. The van der Waals surface area contributed by atoms with Gasteiger partial charge in [-0.1, -0.05) is 18.2 Å². The van der Waals surface area contributed by atoms with Gasteiger partial charge in [0.25, 0.3) is 5.91 Å². The standard InChI is InChI=1S/C18H19NO4S/c20-18(14-5-2-1-3-6-14)19-15-8-10-17(11-9-15)24(21,22)13-16-7-4-12-23-16/h1-3,5-6,8-11,16H,4,7,12-13H2,(H,19,20)/t16-/m0/s1. The Bertz CT molecular complexity index is 795. The summed E-state index contributed by atoms with van der Waals surface area (Å²) in [5.41, 5.74) is 1.10. The van der Waals surface area contributed by atoms with Gasteiger partial charge in [-0.3, -0.25) is 4.79 Å². The van der Waals surface area contributed by atoms with Crippen molar-refractivity contribution in [2.24, 2.45) is 0 Å². The zero-order valence-corrected chi connectivity index (χ0v) is 14.0. The molecule has 0 bridgehead atoms. The van der Waals surface area contributed by atoms with Gasteiger partial charge in [-0.2, -0.15) is 0 Å². The first-order valence-corrected chi connectivity index (χ1v) is 9.51. The van der Waals surface area contributed by atoms with Crippen LogP contribution in [0.3, 0.4) is 0 Å². The molecule has 3 rings (SSSR count). The fourth-order valence-corrected chi connectivity index (χ4v) is 4.15. The predicted octanol–water partition coefficient (Wildman–Crippen LogP) is 2.89. The topological polar surface area (TPSA) is 72.5 Å². The highest BCUT2D eigenvalue weighted by Gasteiger charge is 2.24. The number of sulfone groups is 1. The maximum absolute atomic E-state index is 12.4. The molecule has 1 saturated heterocycles. The van der Waals surface area contributed by atoms with Crippen molar-refractivity contribution < 1.29 is 17.9 Å². The van der Waals surface area contributed by atoms with E-state index < -0.39 is 9.84 Å². The second-order valence-electron chi connectivity index (χ2n) is 5.76. The van der Waals surface area contributed by atoms with E-state index in [1.807, 2.05) is 6.07 Å². The summed E-state index contributed by atoms with van der Waals surface area (Å²) in [6.45, 7) is 0.630. The number of anilines is 1. The number of carbonyl (C=O) groups is 1. The van der Waals surface area contributed by atoms with Crippen molar-refractivity contribution in [3.8, 4) is 0 Å². The number of hydrogen-bond acceptors (Lipinski definition) is 4. The zero-order chi connectivity index (χ0) is 17.0. The summed E-state index contributed by atoms with van der Waals surface area (Å²) in [5, 5.41) is 2.75. The molecule has 1 atom stereocenters. The van der Waals surface area contributed by atoms with Crippen LogP contribution in [0, 0.1) is 0 Å². The van der Waals surface area contributed by atoms with Gasteiger partial charge in [0.05, 0.1) is 16.8 Å². The van der Waals surface area contributed by atoms with Gasteiger partial charge in [0.2, 0.25) is 0 Å². The smallest absolute Gasteiger partial charge is 0.255 e. The fraction of sp³-hybridized carbons (Fsp3) is 0.278. The van der Waals surface area contributed by atoms with Crippen LogP contribution in [-0.4, -0.2) is 32.8 Å². The quantitative estimate of drug-likeness (QED) is 0.904.